The fourth-order valence-corrected chi connectivity index (χ4v) is 3.87. The molecular formula is C16H17F4N3O4S2. The lowest BCUT2D eigenvalue weighted by atomic mass is 10.2. The van der Waals surface area contributed by atoms with Gasteiger partial charge in [-0.1, -0.05) is 12.2 Å². The van der Waals surface area contributed by atoms with Crippen LogP contribution in [0.4, 0.5) is 33.7 Å². The molecule has 1 saturated heterocycles. The molecule has 13 heteroatoms. The third-order valence-electron chi connectivity index (χ3n) is 4.27. The molecule has 1 atom stereocenters. The summed E-state index contributed by atoms with van der Waals surface area (Å²) in [4.78, 5) is 13.5. The zero-order valence-electron chi connectivity index (χ0n) is 14.7. The predicted molar refractivity (Wildman–Crippen MR) is 105 cm³/mol. The molecule has 0 saturated carbocycles. The Balaban J connectivity index is 1.73. The number of thiocarbonyl (C=S) groups is 1. The Morgan fingerprint density at radius 1 is 1.34 bits per heavy atom. The van der Waals surface area contributed by atoms with Crippen molar-refractivity contribution in [2.45, 2.75) is 12.5 Å². The van der Waals surface area contributed by atoms with Crippen LogP contribution >= 0.6 is 22.8 Å². The smallest absolute Gasteiger partial charge is 0.414 e. The number of amides is 1. The van der Waals surface area contributed by atoms with Gasteiger partial charge in [-0.15, -0.1) is 0 Å². The number of carbonyl (C=O) groups is 1. The van der Waals surface area contributed by atoms with Gasteiger partial charge in [0.2, 0.25) is 0 Å². The Hall–Kier alpha value is -2.09. The fraction of sp³-hybridized carbons (Fsp3) is 0.375. The van der Waals surface area contributed by atoms with Crippen molar-refractivity contribution in [2.75, 3.05) is 35.2 Å². The van der Waals surface area contributed by atoms with E-state index in [-0.39, 0.29) is 31.1 Å². The van der Waals surface area contributed by atoms with Gasteiger partial charge in [0.25, 0.3) is 6.43 Å². The summed E-state index contributed by atoms with van der Waals surface area (Å²) < 4.78 is 78.1. The Bertz CT molecular complexity index is 832. The maximum Gasteiger partial charge on any atom is 0.414 e. The van der Waals surface area contributed by atoms with E-state index in [0.29, 0.717) is 0 Å². The number of alkyl halides is 2. The maximum atomic E-state index is 14.6. The molecule has 0 bridgehead atoms. The van der Waals surface area contributed by atoms with Crippen LogP contribution in [0.1, 0.15) is 0 Å². The van der Waals surface area contributed by atoms with E-state index in [9.17, 15) is 31.5 Å². The Morgan fingerprint density at radius 3 is 2.55 bits per heavy atom. The zero-order chi connectivity index (χ0) is 21.3. The highest BCUT2D eigenvalue weighted by Gasteiger charge is 2.34. The van der Waals surface area contributed by atoms with E-state index in [0.717, 1.165) is 22.4 Å². The lowest BCUT2D eigenvalue weighted by Crippen LogP contribution is -2.36. The molecule has 1 amide bonds. The number of halogens is 4. The molecule has 1 aromatic carbocycles. The van der Waals surface area contributed by atoms with E-state index < -0.39 is 51.5 Å². The molecule has 1 aromatic rings. The van der Waals surface area contributed by atoms with Crippen LogP contribution in [0, 0.1) is 11.6 Å². The molecule has 0 radical (unpaired) electrons. The third-order valence-corrected chi connectivity index (χ3v) is 5.93. The lowest BCUT2D eigenvalue weighted by Gasteiger charge is -2.36. The van der Waals surface area contributed by atoms with Gasteiger partial charge in [-0.3, -0.25) is 14.0 Å². The molecule has 0 aliphatic carbocycles. The van der Waals surface area contributed by atoms with Crippen molar-refractivity contribution in [1.82, 2.24) is 5.32 Å². The molecule has 3 N–H and O–H groups in total. The lowest BCUT2D eigenvalue weighted by molar-refractivity contribution is 0.142. The highest BCUT2D eigenvalue weighted by atomic mass is 32.3. The van der Waals surface area contributed by atoms with Crippen LogP contribution in [0.3, 0.4) is 0 Å². The second-order valence-electron chi connectivity index (χ2n) is 6.32. The van der Waals surface area contributed by atoms with Crippen molar-refractivity contribution in [3.05, 3.63) is 35.4 Å². The van der Waals surface area contributed by atoms with Crippen molar-refractivity contribution in [2.24, 2.45) is 0 Å². The van der Waals surface area contributed by atoms with Crippen molar-refractivity contribution in [3.8, 4) is 0 Å². The minimum atomic E-state index is -2.90. The van der Waals surface area contributed by atoms with E-state index in [1.165, 1.54) is 11.1 Å². The summed E-state index contributed by atoms with van der Waals surface area (Å²) in [5.74, 6) is -2.00. The summed E-state index contributed by atoms with van der Waals surface area (Å²) in [5, 5.41) is 3.36. The van der Waals surface area contributed by atoms with Crippen LogP contribution in [-0.2, 0) is 4.74 Å². The van der Waals surface area contributed by atoms with Gasteiger partial charge in [0.15, 0.2) is 11.6 Å². The summed E-state index contributed by atoms with van der Waals surface area (Å²) in [6.07, 6.45) is -3.36. The number of cyclic esters (lactones) is 1. The highest BCUT2D eigenvalue weighted by Crippen LogP contribution is 2.43. The minimum Gasteiger partial charge on any atom is -0.442 e. The topological polar surface area (TPSA) is 85.3 Å². The van der Waals surface area contributed by atoms with E-state index in [4.69, 9.17) is 4.74 Å². The molecule has 29 heavy (non-hydrogen) atoms. The molecule has 7 nitrogen and oxygen atoms in total. The first-order chi connectivity index (χ1) is 13.6. The van der Waals surface area contributed by atoms with E-state index >= 15 is 0 Å². The first kappa shape index (κ1) is 21.6. The second-order valence-corrected chi connectivity index (χ2v) is 8.88. The number of nitrogens with zero attached hydrogens (tertiary/aromatic N) is 2. The number of hydrogen-bond donors (Lipinski definition) is 3. The summed E-state index contributed by atoms with van der Waals surface area (Å²) in [7, 11) is -2.90. The summed E-state index contributed by atoms with van der Waals surface area (Å²) in [5.41, 5.74) is -0.495. The number of benzene rings is 1. The highest BCUT2D eigenvalue weighted by molar-refractivity contribution is 8.26. The van der Waals surface area contributed by atoms with Crippen LogP contribution in [0.2, 0.25) is 0 Å². The van der Waals surface area contributed by atoms with Crippen LogP contribution in [0.15, 0.2) is 23.7 Å². The number of anilines is 2. The van der Waals surface area contributed by atoms with Gasteiger partial charge < -0.3 is 15.0 Å². The molecule has 2 aliphatic rings. The van der Waals surface area contributed by atoms with E-state index in [2.05, 4.69) is 17.5 Å². The molecule has 2 aliphatic heterocycles. The standard InChI is InChI=1S/C16H17F4N3O4S2/c17-11-5-9(6-12(18)13(11)22-1-3-29(25,26)4-2-22)23-8-10(27-16(23)24)7-21-15(28)14(19)20/h1,3,5-6,10,14,25-26H,2,4,7-8H2,(H,21,28)/t10-/m0/s1. The number of ether oxygens (including phenoxy) is 1. The first-order valence-electron chi connectivity index (χ1n) is 8.31. The third kappa shape index (κ3) is 4.91. The van der Waals surface area contributed by atoms with Gasteiger partial charge in [-0.2, -0.15) is 10.6 Å². The van der Waals surface area contributed by atoms with Crippen molar-refractivity contribution in [3.63, 3.8) is 0 Å². The molecule has 0 spiro atoms. The molecule has 0 unspecified atom stereocenters. The SMILES string of the molecule is O=C1O[C@@H](CNC(=S)C(F)F)CN1c1cc(F)c(N2C=CS(O)(O)CC2)c(F)c1. The average molecular weight is 455 g/mol. The van der Waals surface area contributed by atoms with Gasteiger partial charge in [-0.05, 0) is 0 Å². The van der Waals surface area contributed by atoms with Crippen molar-refractivity contribution in [1.29, 1.82) is 0 Å². The number of hydrogen-bond acceptors (Lipinski definition) is 6. The van der Waals surface area contributed by atoms with Crippen LogP contribution in [0.5, 0.6) is 0 Å². The zero-order valence-corrected chi connectivity index (χ0v) is 16.4. The Kier molecular flexibility index (Phi) is 6.22. The van der Waals surface area contributed by atoms with Gasteiger partial charge in [0, 0.05) is 30.3 Å². The van der Waals surface area contributed by atoms with Gasteiger partial charge in [0.05, 0.1) is 24.5 Å². The van der Waals surface area contributed by atoms with Crippen LogP contribution < -0.4 is 15.1 Å². The number of nitrogens with one attached hydrogen (secondary N) is 1. The fourth-order valence-electron chi connectivity index (χ4n) is 2.85. The van der Waals surface area contributed by atoms with Crippen LogP contribution in [-0.4, -0.2) is 58.1 Å². The number of rotatable bonds is 5. The molecule has 3 rings (SSSR count). The predicted octanol–water partition coefficient (Wildman–Crippen LogP) is 3.51. The monoisotopic (exact) mass is 455 g/mol. The molecular weight excluding hydrogens is 438 g/mol. The Morgan fingerprint density at radius 2 is 2.00 bits per heavy atom. The van der Waals surface area contributed by atoms with E-state index in [1.807, 2.05) is 0 Å². The minimum absolute atomic E-state index is 0.00440. The summed E-state index contributed by atoms with van der Waals surface area (Å²) >= 11 is 4.44. The van der Waals surface area contributed by atoms with Gasteiger partial charge >= 0.3 is 6.09 Å². The molecule has 160 valence electrons. The van der Waals surface area contributed by atoms with Crippen molar-refractivity contribution >= 4 is 45.3 Å². The summed E-state index contributed by atoms with van der Waals surface area (Å²) in [6.45, 7) is -0.282. The normalized spacial score (nSPS) is 22.0. The van der Waals surface area contributed by atoms with E-state index in [1.54, 1.807) is 0 Å². The quantitative estimate of drug-likeness (QED) is 0.463. The molecule has 0 aromatic heterocycles. The van der Waals surface area contributed by atoms with Gasteiger partial charge in [-0.25, -0.2) is 22.4 Å². The Labute approximate surface area is 170 Å². The first-order valence-corrected chi connectivity index (χ1v) is 10.5. The van der Waals surface area contributed by atoms with Crippen LogP contribution in [0.25, 0.3) is 0 Å². The largest absolute Gasteiger partial charge is 0.442 e. The second kappa shape index (κ2) is 8.34. The number of carbonyl (C=O) groups excluding carboxylic acids is 1. The molecule has 2 heterocycles. The average Bonchev–Trinajstić information content (AvgIpc) is 3.01. The molecule has 1 fully saturated rings. The maximum absolute atomic E-state index is 14.6. The van der Waals surface area contributed by atoms with Gasteiger partial charge in [0.1, 0.15) is 16.8 Å². The summed E-state index contributed by atoms with van der Waals surface area (Å²) in [6, 6.07) is 1.89. The van der Waals surface area contributed by atoms with Crippen molar-refractivity contribution < 1.29 is 36.2 Å².